The van der Waals surface area contributed by atoms with E-state index >= 15 is 4.39 Å². The lowest BCUT2D eigenvalue weighted by molar-refractivity contribution is 0.136. The fraction of sp³-hybridized carbons (Fsp3) is 0.261. The quantitative estimate of drug-likeness (QED) is 0.326. The zero-order valence-corrected chi connectivity index (χ0v) is 20.9. The molecular weight excluding hydrogens is 516 g/mol. The van der Waals surface area contributed by atoms with Gasteiger partial charge < -0.3 is 14.8 Å². The van der Waals surface area contributed by atoms with Crippen molar-refractivity contribution in [3.8, 4) is 17.2 Å². The van der Waals surface area contributed by atoms with Gasteiger partial charge in [0.15, 0.2) is 23.1 Å². The van der Waals surface area contributed by atoms with Gasteiger partial charge in [0, 0.05) is 19.2 Å². The summed E-state index contributed by atoms with van der Waals surface area (Å²) in [6.45, 7) is 5.41. The lowest BCUT2D eigenvalue weighted by atomic mass is 10.1. The van der Waals surface area contributed by atoms with Gasteiger partial charge in [-0.2, -0.15) is 4.98 Å². The van der Waals surface area contributed by atoms with E-state index in [0.29, 0.717) is 22.6 Å². The number of aliphatic imine (C=N–C) groups is 1. The van der Waals surface area contributed by atoms with Gasteiger partial charge in [-0.15, -0.1) is 0 Å². The molecular formula is C23H20Cl2FN5O3S. The number of nitrogens with zero attached hydrogens (tertiary/aromatic N) is 4. The Hall–Kier alpha value is -2.79. The zero-order valence-electron chi connectivity index (χ0n) is 18.6. The first-order chi connectivity index (χ1) is 16.9. The van der Waals surface area contributed by atoms with Crippen LogP contribution in [0.3, 0.4) is 0 Å². The molecule has 1 fully saturated rings. The summed E-state index contributed by atoms with van der Waals surface area (Å²) in [7, 11) is 1.52. The number of halogens is 3. The number of nitrogens with one attached hydrogen (secondary N) is 1. The predicted molar refractivity (Wildman–Crippen MR) is 139 cm³/mol. The zero-order chi connectivity index (χ0) is 24.7. The maximum atomic E-state index is 15.0. The van der Waals surface area contributed by atoms with Crippen LogP contribution in [0.2, 0.25) is 10.0 Å². The van der Waals surface area contributed by atoms with Crippen LogP contribution in [0, 0.1) is 5.82 Å². The molecule has 3 aromatic rings. The van der Waals surface area contributed by atoms with Crippen molar-refractivity contribution in [3.05, 3.63) is 56.5 Å². The van der Waals surface area contributed by atoms with E-state index in [1.807, 2.05) is 0 Å². The van der Waals surface area contributed by atoms with E-state index in [1.54, 1.807) is 23.4 Å². The van der Waals surface area contributed by atoms with Gasteiger partial charge in [-0.05, 0) is 30.4 Å². The van der Waals surface area contributed by atoms with Crippen LogP contribution in [0.25, 0.3) is 16.6 Å². The highest BCUT2D eigenvalue weighted by Gasteiger charge is 2.28. The third kappa shape index (κ3) is 4.24. The second-order valence-corrected chi connectivity index (χ2v) is 9.69. The first kappa shape index (κ1) is 23.9. The van der Waals surface area contributed by atoms with Crippen LogP contribution in [0.15, 0.2) is 40.0 Å². The summed E-state index contributed by atoms with van der Waals surface area (Å²) in [6, 6.07) is 4.52. The van der Waals surface area contributed by atoms with E-state index in [-0.39, 0.29) is 33.2 Å². The van der Waals surface area contributed by atoms with Gasteiger partial charge in [0.25, 0.3) is 0 Å². The minimum Gasteiger partial charge on any atom is -0.493 e. The van der Waals surface area contributed by atoms with E-state index in [9.17, 15) is 4.79 Å². The van der Waals surface area contributed by atoms with Crippen LogP contribution in [-0.4, -0.2) is 46.5 Å². The van der Waals surface area contributed by atoms with Gasteiger partial charge in [0.1, 0.15) is 11.6 Å². The monoisotopic (exact) mass is 535 g/mol. The van der Waals surface area contributed by atoms with Gasteiger partial charge in [-0.3, -0.25) is 0 Å². The number of hydrogen-bond acceptors (Lipinski definition) is 8. The van der Waals surface area contributed by atoms with Gasteiger partial charge in [-0.1, -0.05) is 41.7 Å². The lowest BCUT2D eigenvalue weighted by Crippen LogP contribution is -2.34. The Labute approximate surface area is 214 Å². The SMILES string of the molecule is C=CSN1CCC(Oc2c(OC)cc3c4c(n(-c5ccc(Cl)c(Cl)c5F)c(=O)nc24)N=CN3)CC1. The smallest absolute Gasteiger partial charge is 0.354 e. The molecule has 1 saturated heterocycles. The largest absolute Gasteiger partial charge is 0.493 e. The molecule has 35 heavy (non-hydrogen) atoms. The molecule has 1 aromatic heterocycles. The Balaban J connectivity index is 1.66. The van der Waals surface area contributed by atoms with Gasteiger partial charge >= 0.3 is 5.69 Å². The molecule has 0 amide bonds. The second-order valence-electron chi connectivity index (χ2n) is 7.85. The van der Waals surface area contributed by atoms with Crippen molar-refractivity contribution in [3.63, 3.8) is 0 Å². The minimum atomic E-state index is -0.844. The molecule has 0 spiro atoms. The Morgan fingerprint density at radius 2 is 2.09 bits per heavy atom. The van der Waals surface area contributed by atoms with Crippen LogP contribution in [0.4, 0.5) is 15.9 Å². The summed E-state index contributed by atoms with van der Waals surface area (Å²) in [5, 5.41) is 5.08. The maximum absolute atomic E-state index is 15.0. The molecule has 0 saturated carbocycles. The summed E-state index contributed by atoms with van der Waals surface area (Å²) >= 11 is 13.5. The van der Waals surface area contributed by atoms with Crippen LogP contribution >= 0.6 is 35.1 Å². The maximum Gasteiger partial charge on any atom is 0.354 e. The van der Waals surface area contributed by atoms with Crippen molar-refractivity contribution < 1.29 is 13.9 Å². The van der Waals surface area contributed by atoms with Crippen LogP contribution in [-0.2, 0) is 0 Å². The summed E-state index contributed by atoms with van der Waals surface area (Å²) in [5.41, 5.74) is 0.0192. The summed E-state index contributed by atoms with van der Waals surface area (Å²) < 4.78 is 30.3. The third-order valence-corrected chi connectivity index (χ3v) is 7.44. The molecule has 182 valence electrons. The van der Waals surface area contributed by atoms with E-state index in [1.165, 1.54) is 25.6 Å². The molecule has 12 heteroatoms. The number of benzene rings is 2. The number of hydrogen-bond donors (Lipinski definition) is 1. The molecule has 2 aliphatic heterocycles. The Morgan fingerprint density at radius 1 is 1.31 bits per heavy atom. The molecule has 1 N–H and O–H groups in total. The molecule has 8 nitrogen and oxygen atoms in total. The van der Waals surface area contributed by atoms with Gasteiger partial charge in [-0.25, -0.2) is 23.0 Å². The molecule has 0 unspecified atom stereocenters. The Bertz CT molecular complexity index is 1420. The second kappa shape index (κ2) is 9.69. The average Bonchev–Trinajstić information content (AvgIpc) is 2.86. The summed E-state index contributed by atoms with van der Waals surface area (Å²) in [5.74, 6) is 0.119. The number of anilines is 1. The summed E-state index contributed by atoms with van der Waals surface area (Å²) in [4.78, 5) is 21.9. The van der Waals surface area contributed by atoms with E-state index in [4.69, 9.17) is 32.7 Å². The molecule has 5 rings (SSSR count). The van der Waals surface area contributed by atoms with E-state index < -0.39 is 11.5 Å². The molecule has 0 bridgehead atoms. The van der Waals surface area contributed by atoms with Crippen molar-refractivity contribution in [2.45, 2.75) is 18.9 Å². The standard InChI is InChI=1S/C23H20Cl2FN5O3S/c1-3-35-30-8-6-12(7-9-30)34-21-16(33-2)10-14-17-20(21)29-23(32)31(22(17)28-11-27-14)15-5-4-13(24)18(25)19(15)26/h3-5,10-12H,1,6-9H2,2H3,(H,27,28). The average molecular weight is 536 g/mol. The molecule has 0 atom stereocenters. The van der Waals surface area contributed by atoms with Crippen LogP contribution in [0.5, 0.6) is 11.5 Å². The summed E-state index contributed by atoms with van der Waals surface area (Å²) in [6.07, 6.45) is 2.87. The van der Waals surface area contributed by atoms with E-state index in [0.717, 1.165) is 30.5 Å². The fourth-order valence-corrected chi connectivity index (χ4v) is 5.14. The first-order valence-corrected chi connectivity index (χ1v) is 12.3. The molecule has 0 aliphatic carbocycles. The van der Waals surface area contributed by atoms with Crippen LogP contribution in [0.1, 0.15) is 12.8 Å². The molecule has 3 heterocycles. The lowest BCUT2D eigenvalue weighted by Gasteiger charge is -2.31. The Morgan fingerprint density at radius 3 is 2.80 bits per heavy atom. The first-order valence-electron chi connectivity index (χ1n) is 10.7. The van der Waals surface area contributed by atoms with Gasteiger partial charge in [0.05, 0.1) is 40.3 Å². The van der Waals surface area contributed by atoms with Crippen molar-refractivity contribution in [1.29, 1.82) is 0 Å². The highest BCUT2D eigenvalue weighted by Crippen LogP contribution is 2.45. The number of ether oxygens (including phenoxy) is 2. The normalized spacial score (nSPS) is 15.8. The topological polar surface area (TPSA) is 81.0 Å². The minimum absolute atomic E-state index is 0.0344. The predicted octanol–water partition coefficient (Wildman–Crippen LogP) is 5.56. The Kier molecular flexibility index (Phi) is 6.63. The number of methoxy groups -OCH3 is 1. The molecule has 2 aliphatic rings. The van der Waals surface area contributed by atoms with Gasteiger partial charge in [0.2, 0.25) is 0 Å². The van der Waals surface area contributed by atoms with Crippen molar-refractivity contribution >= 4 is 63.9 Å². The molecule has 2 aromatic carbocycles. The highest BCUT2D eigenvalue weighted by molar-refractivity contribution is 7.99. The van der Waals surface area contributed by atoms with Crippen molar-refractivity contribution in [2.24, 2.45) is 4.99 Å². The number of piperidine rings is 1. The number of rotatable bonds is 6. The van der Waals surface area contributed by atoms with E-state index in [2.05, 4.69) is 26.2 Å². The highest BCUT2D eigenvalue weighted by atomic mass is 35.5. The van der Waals surface area contributed by atoms with Crippen LogP contribution < -0.4 is 20.5 Å². The number of aromatic nitrogens is 2. The van der Waals surface area contributed by atoms with Crippen molar-refractivity contribution in [1.82, 2.24) is 13.9 Å². The third-order valence-electron chi connectivity index (χ3n) is 5.85. The fourth-order valence-electron chi connectivity index (χ4n) is 4.21. The van der Waals surface area contributed by atoms with Crippen molar-refractivity contribution in [2.75, 3.05) is 25.5 Å². The molecule has 0 radical (unpaired) electrons.